The SMILES string of the molecule is NC(=O)c1cc(F)c(F)c(F)c1F.NC(=O)c1cc(F)c(F)c(F)c1F. The van der Waals surface area contributed by atoms with Crippen LogP contribution in [0.25, 0.3) is 0 Å². The number of hydrogen-bond donors (Lipinski definition) is 2. The van der Waals surface area contributed by atoms with Gasteiger partial charge < -0.3 is 11.5 Å². The maximum Gasteiger partial charge on any atom is 0.251 e. The van der Waals surface area contributed by atoms with Gasteiger partial charge in [-0.05, 0) is 12.1 Å². The van der Waals surface area contributed by atoms with Gasteiger partial charge in [0.2, 0.25) is 0 Å². The predicted molar refractivity (Wildman–Crippen MR) is 69.6 cm³/mol. The van der Waals surface area contributed by atoms with Crippen molar-refractivity contribution >= 4 is 11.8 Å². The molecule has 0 spiro atoms. The zero-order chi connectivity index (χ0) is 20.3. The predicted octanol–water partition coefficient (Wildman–Crippen LogP) is 2.68. The molecule has 4 nitrogen and oxygen atoms in total. The van der Waals surface area contributed by atoms with Gasteiger partial charge in [-0.2, -0.15) is 0 Å². The van der Waals surface area contributed by atoms with E-state index in [1.54, 1.807) is 0 Å². The highest BCUT2D eigenvalue weighted by molar-refractivity contribution is 5.93. The molecule has 0 unspecified atom stereocenters. The van der Waals surface area contributed by atoms with Gasteiger partial charge in [0.1, 0.15) is 0 Å². The van der Waals surface area contributed by atoms with E-state index in [9.17, 15) is 44.7 Å². The quantitative estimate of drug-likeness (QED) is 0.473. The first-order chi connectivity index (χ1) is 11.9. The van der Waals surface area contributed by atoms with E-state index >= 15 is 0 Å². The van der Waals surface area contributed by atoms with Crippen LogP contribution in [0.5, 0.6) is 0 Å². The molecule has 0 aliphatic rings. The first-order valence-electron chi connectivity index (χ1n) is 6.15. The third kappa shape index (κ3) is 4.07. The van der Waals surface area contributed by atoms with Crippen molar-refractivity contribution in [1.29, 1.82) is 0 Å². The van der Waals surface area contributed by atoms with E-state index in [1.165, 1.54) is 0 Å². The van der Waals surface area contributed by atoms with Gasteiger partial charge in [-0.25, -0.2) is 35.1 Å². The van der Waals surface area contributed by atoms with Crippen molar-refractivity contribution in [1.82, 2.24) is 0 Å². The molecule has 0 saturated heterocycles. The lowest BCUT2D eigenvalue weighted by atomic mass is 10.2. The Morgan fingerprint density at radius 1 is 0.538 bits per heavy atom. The van der Waals surface area contributed by atoms with E-state index < -0.39 is 69.5 Å². The molecule has 0 aliphatic heterocycles. The minimum atomic E-state index is -2.05. The van der Waals surface area contributed by atoms with Crippen molar-refractivity contribution in [2.24, 2.45) is 11.5 Å². The van der Waals surface area contributed by atoms with Crippen LogP contribution in [0.15, 0.2) is 12.1 Å². The number of benzene rings is 2. The van der Waals surface area contributed by atoms with Crippen LogP contribution in [0.2, 0.25) is 0 Å². The van der Waals surface area contributed by atoms with Crippen LogP contribution in [0.4, 0.5) is 35.1 Å². The number of halogens is 8. The summed E-state index contributed by atoms with van der Waals surface area (Å²) >= 11 is 0. The first-order valence-corrected chi connectivity index (χ1v) is 6.15. The lowest BCUT2D eigenvalue weighted by Crippen LogP contribution is -2.15. The van der Waals surface area contributed by atoms with Crippen LogP contribution in [0, 0.1) is 46.5 Å². The molecule has 0 aromatic heterocycles. The average Bonchev–Trinajstić information content (AvgIpc) is 2.57. The fourth-order valence-electron chi connectivity index (χ4n) is 1.50. The molecule has 4 N–H and O–H groups in total. The molecule has 0 radical (unpaired) electrons. The molecule has 0 heterocycles. The lowest BCUT2D eigenvalue weighted by Gasteiger charge is -2.01. The van der Waals surface area contributed by atoms with Gasteiger partial charge in [0, 0.05) is 0 Å². The Kier molecular flexibility index (Phi) is 6.26. The Hall–Kier alpha value is -3.18. The zero-order valence-electron chi connectivity index (χ0n) is 12.1. The molecule has 0 saturated carbocycles. The molecule has 0 fully saturated rings. The summed E-state index contributed by atoms with van der Waals surface area (Å²) in [5, 5.41) is 0. The maximum absolute atomic E-state index is 12.6. The number of amides is 2. The molecular weight excluding hydrogens is 380 g/mol. The third-order valence-corrected chi connectivity index (χ3v) is 2.74. The van der Waals surface area contributed by atoms with Crippen molar-refractivity contribution in [3.05, 3.63) is 69.8 Å². The number of primary amides is 2. The van der Waals surface area contributed by atoms with Crippen LogP contribution in [0.1, 0.15) is 20.7 Å². The lowest BCUT2D eigenvalue weighted by molar-refractivity contribution is 0.0986. The first kappa shape index (κ1) is 20.9. The summed E-state index contributed by atoms with van der Waals surface area (Å²) in [6.07, 6.45) is 0. The van der Waals surface area contributed by atoms with E-state index in [1.807, 2.05) is 0 Å². The minimum Gasteiger partial charge on any atom is -0.366 e. The van der Waals surface area contributed by atoms with Crippen molar-refractivity contribution in [3.63, 3.8) is 0 Å². The maximum atomic E-state index is 12.6. The number of carbonyl (C=O) groups is 2. The van der Waals surface area contributed by atoms with Gasteiger partial charge in [0.05, 0.1) is 11.1 Å². The van der Waals surface area contributed by atoms with Gasteiger partial charge in [-0.1, -0.05) is 0 Å². The van der Waals surface area contributed by atoms with E-state index in [0.29, 0.717) is 0 Å². The molecule has 0 aliphatic carbocycles. The summed E-state index contributed by atoms with van der Waals surface area (Å²) in [6, 6.07) is 0.409. The van der Waals surface area contributed by atoms with Gasteiger partial charge in [0.15, 0.2) is 46.5 Å². The largest absolute Gasteiger partial charge is 0.366 e. The van der Waals surface area contributed by atoms with E-state index in [4.69, 9.17) is 0 Å². The van der Waals surface area contributed by atoms with Crippen LogP contribution in [0.3, 0.4) is 0 Å². The highest BCUT2D eigenvalue weighted by Gasteiger charge is 2.22. The Balaban J connectivity index is 0.000000260. The number of rotatable bonds is 2. The van der Waals surface area contributed by atoms with Crippen LogP contribution >= 0.6 is 0 Å². The third-order valence-electron chi connectivity index (χ3n) is 2.74. The van der Waals surface area contributed by atoms with Gasteiger partial charge in [0.25, 0.3) is 11.8 Å². The molecule has 0 atom stereocenters. The minimum absolute atomic E-state index is 0.204. The van der Waals surface area contributed by atoms with E-state index in [-0.39, 0.29) is 12.1 Å². The Morgan fingerprint density at radius 2 is 0.808 bits per heavy atom. The van der Waals surface area contributed by atoms with Crippen molar-refractivity contribution < 1.29 is 44.7 Å². The summed E-state index contributed by atoms with van der Waals surface area (Å²) in [5.41, 5.74) is 7.10. The van der Waals surface area contributed by atoms with Gasteiger partial charge in [-0.15, -0.1) is 0 Å². The smallest absolute Gasteiger partial charge is 0.251 e. The number of nitrogens with two attached hydrogens (primary N) is 2. The van der Waals surface area contributed by atoms with Crippen LogP contribution < -0.4 is 11.5 Å². The van der Waals surface area contributed by atoms with E-state index in [2.05, 4.69) is 11.5 Å². The standard InChI is InChI=1S/2C7H3F4NO/c2*8-3-1-2(7(12)13)4(9)6(11)5(3)10/h2*1H,(H2,12,13). The van der Waals surface area contributed by atoms with Gasteiger partial charge >= 0.3 is 0 Å². The monoisotopic (exact) mass is 386 g/mol. The number of carbonyl (C=O) groups excluding carboxylic acids is 2. The normalized spacial score (nSPS) is 10.2. The topological polar surface area (TPSA) is 86.2 Å². The Bertz CT molecular complexity index is 828. The Morgan fingerprint density at radius 3 is 1.04 bits per heavy atom. The van der Waals surface area contributed by atoms with E-state index in [0.717, 1.165) is 0 Å². The highest BCUT2D eigenvalue weighted by Crippen LogP contribution is 2.18. The summed E-state index contributed by atoms with van der Waals surface area (Å²) in [5.74, 6) is -17.7. The fourth-order valence-corrected chi connectivity index (χ4v) is 1.50. The van der Waals surface area contributed by atoms with Crippen molar-refractivity contribution in [3.8, 4) is 0 Å². The molecule has 26 heavy (non-hydrogen) atoms. The van der Waals surface area contributed by atoms with Crippen molar-refractivity contribution in [2.45, 2.75) is 0 Å². The zero-order valence-corrected chi connectivity index (χ0v) is 12.1. The molecular formula is C14H6F8N2O2. The summed E-state index contributed by atoms with van der Waals surface area (Å²) in [7, 11) is 0. The highest BCUT2D eigenvalue weighted by atomic mass is 19.2. The second-order valence-electron chi connectivity index (χ2n) is 4.42. The molecule has 0 bridgehead atoms. The second-order valence-corrected chi connectivity index (χ2v) is 4.42. The number of hydrogen-bond acceptors (Lipinski definition) is 2. The summed E-state index contributed by atoms with van der Waals surface area (Å²) < 4.78 is 99.4. The fraction of sp³-hybridized carbons (Fsp3) is 0. The Labute approximate surface area is 139 Å². The molecule has 2 rings (SSSR count). The van der Waals surface area contributed by atoms with Crippen molar-refractivity contribution in [2.75, 3.05) is 0 Å². The molecule has 2 amide bonds. The molecule has 2 aromatic rings. The van der Waals surface area contributed by atoms with Crippen LogP contribution in [-0.4, -0.2) is 11.8 Å². The summed E-state index contributed by atoms with van der Waals surface area (Å²) in [6.45, 7) is 0. The second kappa shape index (κ2) is 7.80. The van der Waals surface area contributed by atoms with Gasteiger partial charge in [-0.3, -0.25) is 9.59 Å². The molecule has 12 heteroatoms. The molecule has 140 valence electrons. The average molecular weight is 386 g/mol. The molecule has 2 aromatic carbocycles. The van der Waals surface area contributed by atoms with Crippen LogP contribution in [-0.2, 0) is 0 Å². The summed E-state index contributed by atoms with van der Waals surface area (Å²) in [4.78, 5) is 20.7.